The van der Waals surface area contributed by atoms with Gasteiger partial charge in [-0.15, -0.1) is 5.10 Å². The normalized spacial score (nSPS) is 19.7. The van der Waals surface area contributed by atoms with E-state index in [1.54, 1.807) is 7.05 Å². The van der Waals surface area contributed by atoms with E-state index in [-0.39, 0.29) is 28.9 Å². The average Bonchev–Trinajstić information content (AvgIpc) is 3.09. The number of hydrogen-bond donors (Lipinski definition) is 0. The predicted octanol–water partition coefficient (Wildman–Crippen LogP) is 3.22. The average molecular weight is 421 g/mol. The molecule has 0 saturated carbocycles. The Morgan fingerprint density at radius 1 is 1.33 bits per heavy atom. The van der Waals surface area contributed by atoms with Crippen LogP contribution in [0.25, 0.3) is 0 Å². The van der Waals surface area contributed by atoms with Gasteiger partial charge in [0.1, 0.15) is 0 Å². The Labute approximate surface area is 159 Å². The third-order valence-electron chi connectivity index (χ3n) is 4.31. The summed E-state index contributed by atoms with van der Waals surface area (Å²) < 4.78 is 67.9. The summed E-state index contributed by atoms with van der Waals surface area (Å²) in [5, 5.41) is 4.28. The lowest BCUT2D eigenvalue weighted by Crippen LogP contribution is -2.22. The van der Waals surface area contributed by atoms with Crippen LogP contribution < -0.4 is 0 Å². The van der Waals surface area contributed by atoms with E-state index in [4.69, 9.17) is 16.6 Å². The minimum Gasteiger partial charge on any atom is -0.414 e. The molecule has 0 bridgehead atoms. The monoisotopic (exact) mass is 421 g/mol. The maximum atomic E-state index is 12.6. The zero-order chi connectivity index (χ0) is 19.8. The number of nitrogens with zero attached hydrogens (tertiary/aromatic N) is 3. The van der Waals surface area contributed by atoms with E-state index in [1.807, 2.05) is 4.90 Å². The Morgan fingerprint density at radius 2 is 2.00 bits per heavy atom. The van der Waals surface area contributed by atoms with E-state index in [1.165, 1.54) is 16.8 Å². The summed E-state index contributed by atoms with van der Waals surface area (Å²) in [6, 6.07) is 4.94. The summed E-state index contributed by atoms with van der Waals surface area (Å²) in [5.41, 5.74) is 0.0198. The van der Waals surface area contributed by atoms with Crippen molar-refractivity contribution in [2.75, 3.05) is 18.6 Å². The highest BCUT2D eigenvalue weighted by Crippen LogP contribution is 2.29. The van der Waals surface area contributed by atoms with Crippen molar-refractivity contribution in [3.63, 3.8) is 0 Å². The zero-order valence-corrected chi connectivity index (χ0v) is 16.1. The standard InChI is InChI=1S/C16H18F3N3O3S2/c1-21(8-11-2-4-13(5-3-11)16(17,18)19)10-22-15(26)25-14(20-22)12-6-7-27(23,24)9-12/h2-5,12H,6-10H2,1H3/t12-/m1/s1. The third-order valence-corrected chi connectivity index (χ3v) is 6.37. The van der Waals surface area contributed by atoms with Crippen molar-refractivity contribution in [3.05, 3.63) is 46.1 Å². The molecule has 27 heavy (non-hydrogen) atoms. The fraction of sp³-hybridized carbons (Fsp3) is 0.500. The van der Waals surface area contributed by atoms with Gasteiger partial charge in [0, 0.05) is 6.54 Å². The van der Waals surface area contributed by atoms with Gasteiger partial charge < -0.3 is 4.42 Å². The largest absolute Gasteiger partial charge is 0.416 e. The topological polar surface area (TPSA) is 68.3 Å². The van der Waals surface area contributed by atoms with Crippen molar-refractivity contribution in [2.24, 2.45) is 0 Å². The predicted molar refractivity (Wildman–Crippen MR) is 94.2 cm³/mol. The number of halogens is 3. The highest BCUT2D eigenvalue weighted by atomic mass is 32.2. The SMILES string of the molecule is CN(Cc1ccc(C(F)(F)F)cc1)Cn1nc([C@@H]2CCS(=O)(=O)C2)oc1=S. The molecule has 0 amide bonds. The van der Waals surface area contributed by atoms with Crippen molar-refractivity contribution in [1.29, 1.82) is 0 Å². The molecule has 2 heterocycles. The second kappa shape index (κ2) is 7.36. The van der Waals surface area contributed by atoms with Crippen molar-refractivity contribution < 1.29 is 26.0 Å². The maximum Gasteiger partial charge on any atom is 0.416 e. The molecule has 3 rings (SSSR count). The molecule has 0 radical (unpaired) electrons. The van der Waals surface area contributed by atoms with Crippen LogP contribution in [0.2, 0.25) is 0 Å². The molecule has 1 atom stereocenters. The second-order valence-corrected chi connectivity index (χ2v) is 9.23. The van der Waals surface area contributed by atoms with E-state index in [0.717, 1.165) is 12.1 Å². The summed E-state index contributed by atoms with van der Waals surface area (Å²) in [6.45, 7) is 0.655. The fourth-order valence-corrected chi connectivity index (χ4v) is 4.87. The van der Waals surface area contributed by atoms with Gasteiger partial charge in [-0.25, -0.2) is 13.1 Å². The first-order valence-electron chi connectivity index (χ1n) is 8.16. The number of alkyl halides is 3. The number of sulfone groups is 1. The zero-order valence-electron chi connectivity index (χ0n) is 14.4. The molecule has 1 saturated heterocycles. The first-order valence-corrected chi connectivity index (χ1v) is 10.4. The van der Waals surface area contributed by atoms with Gasteiger partial charge in [0.15, 0.2) is 9.84 Å². The van der Waals surface area contributed by atoms with Crippen LogP contribution in [0, 0.1) is 4.84 Å². The van der Waals surface area contributed by atoms with Crippen molar-refractivity contribution in [1.82, 2.24) is 14.7 Å². The Kier molecular flexibility index (Phi) is 5.46. The number of hydrogen-bond acceptors (Lipinski definition) is 6. The Balaban J connectivity index is 1.64. The molecule has 1 aromatic heterocycles. The van der Waals surface area contributed by atoms with Crippen LogP contribution in [0.4, 0.5) is 13.2 Å². The van der Waals surface area contributed by atoms with Gasteiger partial charge in [-0.05, 0) is 43.4 Å². The fourth-order valence-electron chi connectivity index (χ4n) is 2.96. The van der Waals surface area contributed by atoms with Crippen LogP contribution in [-0.4, -0.2) is 41.7 Å². The first-order chi connectivity index (χ1) is 12.5. The lowest BCUT2D eigenvalue weighted by atomic mass is 10.1. The molecular formula is C16H18F3N3O3S2. The quantitative estimate of drug-likeness (QED) is 0.691. The maximum absolute atomic E-state index is 12.6. The van der Waals surface area contributed by atoms with Crippen molar-refractivity contribution >= 4 is 22.1 Å². The lowest BCUT2D eigenvalue weighted by molar-refractivity contribution is -0.137. The molecule has 0 spiro atoms. The molecule has 1 fully saturated rings. The molecule has 0 aliphatic carbocycles. The Hall–Kier alpha value is -1.72. The van der Waals surface area contributed by atoms with E-state index >= 15 is 0 Å². The van der Waals surface area contributed by atoms with E-state index in [2.05, 4.69) is 5.10 Å². The summed E-state index contributed by atoms with van der Waals surface area (Å²) in [7, 11) is -1.29. The molecule has 1 aliphatic rings. The molecule has 0 N–H and O–H groups in total. The minimum atomic E-state index is -4.36. The number of aromatic nitrogens is 2. The third kappa shape index (κ3) is 4.96. The van der Waals surface area contributed by atoms with E-state index in [9.17, 15) is 21.6 Å². The molecule has 6 nitrogen and oxygen atoms in total. The molecule has 11 heteroatoms. The lowest BCUT2D eigenvalue weighted by Gasteiger charge is -2.16. The number of benzene rings is 1. The van der Waals surface area contributed by atoms with Gasteiger partial charge in [0.05, 0.1) is 29.7 Å². The van der Waals surface area contributed by atoms with Crippen molar-refractivity contribution in [2.45, 2.75) is 31.7 Å². The summed E-state index contributed by atoms with van der Waals surface area (Å²) in [6.07, 6.45) is -3.90. The van der Waals surface area contributed by atoms with Crippen LogP contribution in [0.1, 0.15) is 29.4 Å². The molecule has 148 valence electrons. The van der Waals surface area contributed by atoms with Crippen molar-refractivity contribution in [3.8, 4) is 0 Å². The van der Waals surface area contributed by atoms with Crippen LogP contribution >= 0.6 is 12.2 Å². The number of rotatable bonds is 5. The van der Waals surface area contributed by atoms with Gasteiger partial charge >= 0.3 is 6.18 Å². The van der Waals surface area contributed by atoms with Gasteiger partial charge in [-0.3, -0.25) is 4.90 Å². The summed E-state index contributed by atoms with van der Waals surface area (Å²) in [4.78, 5) is 1.95. The smallest absolute Gasteiger partial charge is 0.414 e. The molecular weight excluding hydrogens is 403 g/mol. The van der Waals surface area contributed by atoms with Gasteiger partial charge in [0.2, 0.25) is 5.89 Å². The summed E-state index contributed by atoms with van der Waals surface area (Å²) in [5.74, 6) is 0.131. The van der Waals surface area contributed by atoms with Gasteiger partial charge in [0.25, 0.3) is 4.84 Å². The summed E-state index contributed by atoms with van der Waals surface area (Å²) >= 11 is 5.14. The van der Waals surface area contributed by atoms with E-state index in [0.29, 0.717) is 24.4 Å². The molecule has 1 aromatic carbocycles. The molecule has 1 aliphatic heterocycles. The van der Waals surface area contributed by atoms with Gasteiger partial charge in [-0.1, -0.05) is 12.1 Å². The Morgan fingerprint density at radius 3 is 2.56 bits per heavy atom. The van der Waals surface area contributed by atoms with Crippen LogP contribution in [-0.2, 0) is 29.2 Å². The van der Waals surface area contributed by atoms with Gasteiger partial charge in [-0.2, -0.15) is 13.2 Å². The van der Waals surface area contributed by atoms with E-state index < -0.39 is 21.6 Å². The highest BCUT2D eigenvalue weighted by molar-refractivity contribution is 7.91. The first kappa shape index (κ1) is 20.0. The molecule has 0 unspecified atom stereocenters. The van der Waals surface area contributed by atoms with Crippen LogP contribution in [0.5, 0.6) is 0 Å². The van der Waals surface area contributed by atoms with Crippen LogP contribution in [0.3, 0.4) is 0 Å². The Bertz CT molecular complexity index is 965. The van der Waals surface area contributed by atoms with Crippen LogP contribution in [0.15, 0.2) is 28.7 Å². The minimum absolute atomic E-state index is 0.00365. The highest BCUT2D eigenvalue weighted by Gasteiger charge is 2.33. The molecule has 2 aromatic rings. The second-order valence-electron chi connectivity index (χ2n) is 6.66.